The molecule has 0 aliphatic carbocycles. The van der Waals surface area contributed by atoms with E-state index in [4.69, 9.17) is 0 Å². The molecule has 3 heteroatoms. The quantitative estimate of drug-likeness (QED) is 0.0965. The molecule has 0 bridgehead atoms. The Balaban J connectivity index is 1.56. The van der Waals surface area contributed by atoms with Crippen molar-refractivity contribution >= 4 is 27.7 Å². The monoisotopic (exact) mass is 748 g/mol. The normalized spacial score (nSPS) is 12.0. The first-order valence-corrected chi connectivity index (χ1v) is 20.1. The van der Waals surface area contributed by atoms with E-state index in [2.05, 4.69) is 252 Å². The van der Waals surface area contributed by atoms with Gasteiger partial charge < -0.3 is 0 Å². The maximum Gasteiger partial charge on any atom is 0.0597 e. The van der Waals surface area contributed by atoms with Gasteiger partial charge in [-0.1, -0.05) is 224 Å². The van der Waals surface area contributed by atoms with Gasteiger partial charge in [0.05, 0.1) is 15.5 Å². The number of hydrogen-bond acceptors (Lipinski definition) is 0. The van der Waals surface area contributed by atoms with Gasteiger partial charge in [-0.3, -0.25) is 0 Å². The molecular formula is C51H43P3. The molecular weight excluding hydrogens is 705 g/mol. The Bertz CT molecular complexity index is 2220. The van der Waals surface area contributed by atoms with E-state index in [0.29, 0.717) is 0 Å². The third-order valence-electron chi connectivity index (χ3n) is 10.9. The summed E-state index contributed by atoms with van der Waals surface area (Å²) < 4.78 is 0. The minimum atomic E-state index is -0.594. The predicted molar refractivity (Wildman–Crippen MR) is 239 cm³/mol. The number of rotatable bonds is 10. The number of benzene rings is 8. The zero-order chi connectivity index (χ0) is 37.0. The fraction of sp³-hybridized carbons (Fsp3) is 0.0588. The Hall–Kier alpha value is -4.95. The highest BCUT2D eigenvalue weighted by Crippen LogP contribution is 2.57. The van der Waals surface area contributed by atoms with Crippen molar-refractivity contribution in [3.63, 3.8) is 0 Å². The van der Waals surface area contributed by atoms with Crippen molar-refractivity contribution < 1.29 is 0 Å². The van der Waals surface area contributed by atoms with Gasteiger partial charge in [0.15, 0.2) is 0 Å². The summed E-state index contributed by atoms with van der Waals surface area (Å²) in [5.41, 5.74) is 13.2. The molecule has 8 rings (SSSR count). The molecule has 8 aromatic carbocycles. The SMILES string of the molecule is PC(c1ccccc1)(c1ccccc1)c1ccccc1-c1c(C(P)(c2ccccc2)c2ccccc2)cccc1C(P)(c1ccccc1)c1ccccc1. The van der Waals surface area contributed by atoms with Gasteiger partial charge in [-0.25, -0.2) is 0 Å². The summed E-state index contributed by atoms with van der Waals surface area (Å²) in [6.45, 7) is 0. The molecule has 0 heterocycles. The van der Waals surface area contributed by atoms with Crippen LogP contribution in [0.25, 0.3) is 11.1 Å². The van der Waals surface area contributed by atoms with Gasteiger partial charge in [0.1, 0.15) is 0 Å². The van der Waals surface area contributed by atoms with Crippen molar-refractivity contribution in [2.75, 3.05) is 0 Å². The zero-order valence-electron chi connectivity index (χ0n) is 30.1. The summed E-state index contributed by atoms with van der Waals surface area (Å²) in [5, 5.41) is -1.75. The summed E-state index contributed by atoms with van der Waals surface area (Å²) in [5.74, 6) is 0. The van der Waals surface area contributed by atoms with Gasteiger partial charge >= 0.3 is 0 Å². The average molecular weight is 749 g/mol. The second-order valence-electron chi connectivity index (χ2n) is 13.9. The van der Waals surface area contributed by atoms with Crippen LogP contribution in [-0.4, -0.2) is 0 Å². The Morgan fingerprint density at radius 1 is 0.222 bits per heavy atom. The lowest BCUT2D eigenvalue weighted by atomic mass is 9.72. The van der Waals surface area contributed by atoms with Gasteiger partial charge in [-0.2, -0.15) is 0 Å². The molecule has 0 saturated heterocycles. The van der Waals surface area contributed by atoms with Gasteiger partial charge in [-0.05, 0) is 61.2 Å². The second-order valence-corrected chi connectivity index (χ2v) is 16.5. The molecule has 54 heavy (non-hydrogen) atoms. The van der Waals surface area contributed by atoms with E-state index in [-0.39, 0.29) is 0 Å². The van der Waals surface area contributed by atoms with Gasteiger partial charge in [0.2, 0.25) is 0 Å². The van der Waals surface area contributed by atoms with E-state index < -0.39 is 15.5 Å². The van der Waals surface area contributed by atoms with Crippen molar-refractivity contribution in [2.45, 2.75) is 15.5 Å². The molecule has 0 spiro atoms. The van der Waals surface area contributed by atoms with E-state index >= 15 is 0 Å². The average Bonchev–Trinajstić information content (AvgIpc) is 3.27. The molecule has 8 aromatic rings. The van der Waals surface area contributed by atoms with Gasteiger partial charge in [0, 0.05) is 0 Å². The highest BCUT2D eigenvalue weighted by molar-refractivity contribution is 7.20. The summed E-state index contributed by atoms with van der Waals surface area (Å²) >= 11 is 0. The van der Waals surface area contributed by atoms with Crippen molar-refractivity contribution in [3.8, 4) is 11.1 Å². The third-order valence-corrected chi connectivity index (χ3v) is 13.8. The van der Waals surface area contributed by atoms with Crippen LogP contribution in [0.3, 0.4) is 0 Å². The van der Waals surface area contributed by atoms with E-state index in [1.165, 1.54) is 61.2 Å². The molecule has 3 atom stereocenters. The topological polar surface area (TPSA) is 0 Å². The second kappa shape index (κ2) is 15.4. The summed E-state index contributed by atoms with van der Waals surface area (Å²) in [4.78, 5) is 0. The molecule has 3 unspecified atom stereocenters. The smallest absolute Gasteiger partial charge is 0.0597 e. The summed E-state index contributed by atoms with van der Waals surface area (Å²) in [6, 6.07) is 81.6. The summed E-state index contributed by atoms with van der Waals surface area (Å²) in [7, 11) is 10.0. The van der Waals surface area contributed by atoms with Crippen LogP contribution in [0.5, 0.6) is 0 Å². The Labute approximate surface area is 327 Å². The van der Waals surface area contributed by atoms with Crippen LogP contribution >= 0.6 is 27.7 Å². The van der Waals surface area contributed by atoms with E-state index in [9.17, 15) is 0 Å². The molecule has 0 saturated carbocycles. The zero-order valence-corrected chi connectivity index (χ0v) is 33.6. The molecule has 262 valence electrons. The van der Waals surface area contributed by atoms with E-state index in [1.54, 1.807) is 0 Å². The Morgan fingerprint density at radius 3 is 0.741 bits per heavy atom. The minimum Gasteiger partial charge on any atom is -0.117 e. The standard InChI is InChI=1S/C51H43P3/c52-49(38-22-7-1-8-23-38,39-24-9-2-10-25-39)45-35-20-19-34-44(45)48-46(50(53,40-26-11-3-12-27-40)41-28-13-4-14-29-41)36-21-37-47(48)51(54,42-30-15-5-16-31-42)43-32-17-6-18-33-43/h1-37H,52-54H2. The molecule has 0 nitrogen and oxygen atoms in total. The van der Waals surface area contributed by atoms with Crippen molar-refractivity contribution in [2.24, 2.45) is 0 Å². The molecule has 0 radical (unpaired) electrons. The van der Waals surface area contributed by atoms with Gasteiger partial charge in [0.25, 0.3) is 0 Å². The van der Waals surface area contributed by atoms with Crippen molar-refractivity contribution in [1.82, 2.24) is 0 Å². The van der Waals surface area contributed by atoms with Crippen LogP contribution in [-0.2, 0) is 15.5 Å². The van der Waals surface area contributed by atoms with Crippen LogP contribution in [0, 0.1) is 0 Å². The lowest BCUT2D eigenvalue weighted by Crippen LogP contribution is -2.28. The molecule has 0 aliphatic rings. The number of hydrogen-bond donors (Lipinski definition) is 0. The molecule has 0 aliphatic heterocycles. The highest BCUT2D eigenvalue weighted by Gasteiger charge is 2.42. The van der Waals surface area contributed by atoms with E-state index in [0.717, 1.165) is 0 Å². The largest absolute Gasteiger partial charge is 0.117 e. The fourth-order valence-electron chi connectivity index (χ4n) is 8.18. The third kappa shape index (κ3) is 6.28. The van der Waals surface area contributed by atoms with Crippen molar-refractivity contribution in [3.05, 3.63) is 275 Å². The lowest BCUT2D eigenvalue weighted by molar-refractivity contribution is 0.859. The van der Waals surface area contributed by atoms with E-state index in [1.807, 2.05) is 0 Å². The maximum atomic E-state index is 3.35. The van der Waals surface area contributed by atoms with Crippen LogP contribution in [0.15, 0.2) is 224 Å². The highest BCUT2D eigenvalue weighted by atomic mass is 31.0. The van der Waals surface area contributed by atoms with Crippen LogP contribution in [0.4, 0.5) is 0 Å². The minimum absolute atomic E-state index is 0.560. The molecule has 0 fully saturated rings. The van der Waals surface area contributed by atoms with Crippen molar-refractivity contribution in [1.29, 1.82) is 0 Å². The Morgan fingerprint density at radius 2 is 0.444 bits per heavy atom. The van der Waals surface area contributed by atoms with Gasteiger partial charge in [-0.15, -0.1) is 27.7 Å². The van der Waals surface area contributed by atoms with Crippen LogP contribution in [0.2, 0.25) is 0 Å². The van der Waals surface area contributed by atoms with Crippen LogP contribution < -0.4 is 0 Å². The summed E-state index contributed by atoms with van der Waals surface area (Å²) in [6.07, 6.45) is 0. The Kier molecular flexibility index (Phi) is 10.3. The molecule has 0 aromatic heterocycles. The first-order chi connectivity index (χ1) is 26.5. The van der Waals surface area contributed by atoms with Crippen LogP contribution in [0.1, 0.15) is 50.1 Å². The molecule has 0 N–H and O–H groups in total. The predicted octanol–water partition coefficient (Wildman–Crippen LogP) is 12.9. The lowest BCUT2D eigenvalue weighted by Gasteiger charge is -2.40. The fourth-order valence-corrected chi connectivity index (χ4v) is 10.1. The first-order valence-electron chi connectivity index (χ1n) is 18.4. The molecule has 0 amide bonds. The maximum absolute atomic E-state index is 3.35. The first kappa shape index (κ1) is 36.0.